The van der Waals surface area contributed by atoms with Gasteiger partial charge in [0.1, 0.15) is 5.78 Å². The van der Waals surface area contributed by atoms with Crippen LogP contribution in [0, 0.1) is 23.7 Å². The predicted molar refractivity (Wildman–Crippen MR) is 114 cm³/mol. The predicted octanol–water partition coefficient (Wildman–Crippen LogP) is 3.47. The number of Topliss-reactive ketones (excluding diaryl/α,β-unsaturated/α-hetero) is 1. The zero-order valence-corrected chi connectivity index (χ0v) is 17.2. The minimum absolute atomic E-state index is 0. The molecule has 0 aromatic heterocycles. The van der Waals surface area contributed by atoms with E-state index >= 15 is 0 Å². The van der Waals surface area contributed by atoms with E-state index in [-0.39, 0.29) is 51.0 Å². The number of hydrogen-bond donors (Lipinski definition) is 0. The summed E-state index contributed by atoms with van der Waals surface area (Å²) in [5.74, 6) is 3.20. The molecule has 0 aromatic carbocycles. The van der Waals surface area contributed by atoms with Gasteiger partial charge in [0, 0.05) is 12.3 Å². The Morgan fingerprint density at radius 1 is 0.833 bits per heavy atom. The SMILES string of the molecule is C.CCC(C)C(=O)CCC(C)C.CCC(C)CCCC(C)C.[AlH3].[H-].[Li+]. The molecule has 2 atom stereocenters. The summed E-state index contributed by atoms with van der Waals surface area (Å²) in [7, 11) is 0. The Labute approximate surface area is 179 Å². The zero-order chi connectivity index (χ0) is 16.8. The van der Waals surface area contributed by atoms with Crippen LogP contribution in [0.15, 0.2) is 0 Å². The van der Waals surface area contributed by atoms with Crippen LogP contribution < -0.4 is 18.9 Å². The summed E-state index contributed by atoms with van der Waals surface area (Å²) in [5.41, 5.74) is 0. The van der Waals surface area contributed by atoms with Crippen LogP contribution in [0.1, 0.15) is 109 Å². The summed E-state index contributed by atoms with van der Waals surface area (Å²) in [6.07, 6.45) is 8.40. The van der Waals surface area contributed by atoms with E-state index < -0.39 is 0 Å². The molecule has 144 valence electrons. The van der Waals surface area contributed by atoms with Gasteiger partial charge in [-0.3, -0.25) is 4.79 Å². The molecule has 24 heavy (non-hydrogen) atoms. The van der Waals surface area contributed by atoms with Crippen LogP contribution in [0.4, 0.5) is 0 Å². The molecule has 0 aliphatic carbocycles. The first-order valence-electron chi connectivity index (χ1n) is 9.27. The third kappa shape index (κ3) is 27.6. The van der Waals surface area contributed by atoms with Gasteiger partial charge in [-0.2, -0.15) is 0 Å². The van der Waals surface area contributed by atoms with Crippen molar-refractivity contribution in [2.24, 2.45) is 23.7 Å². The molecule has 0 fully saturated rings. The third-order valence-corrected chi connectivity index (χ3v) is 4.31. The van der Waals surface area contributed by atoms with Crippen LogP contribution >= 0.6 is 0 Å². The Morgan fingerprint density at radius 3 is 1.62 bits per heavy atom. The summed E-state index contributed by atoms with van der Waals surface area (Å²) in [5, 5.41) is 0. The minimum Gasteiger partial charge on any atom is -1.00 e. The Balaban J connectivity index is -0.0000000624. The number of rotatable bonds is 10. The Morgan fingerprint density at radius 2 is 1.29 bits per heavy atom. The third-order valence-electron chi connectivity index (χ3n) is 4.31. The van der Waals surface area contributed by atoms with E-state index in [1.807, 2.05) is 6.92 Å². The van der Waals surface area contributed by atoms with Gasteiger partial charge < -0.3 is 1.43 Å². The van der Waals surface area contributed by atoms with Crippen molar-refractivity contribution in [2.75, 3.05) is 0 Å². The topological polar surface area (TPSA) is 17.1 Å². The minimum atomic E-state index is 0. The molecule has 1 nitrogen and oxygen atoms in total. The van der Waals surface area contributed by atoms with Gasteiger partial charge in [-0.25, -0.2) is 0 Å². The maximum atomic E-state index is 11.3. The van der Waals surface area contributed by atoms with Gasteiger partial charge in [0.2, 0.25) is 0 Å². The van der Waals surface area contributed by atoms with Gasteiger partial charge in [-0.05, 0) is 30.6 Å². The number of carbonyl (C=O) groups is 1. The molecular weight excluding hydrogens is 302 g/mol. The van der Waals surface area contributed by atoms with Crippen molar-refractivity contribution in [3.8, 4) is 0 Å². The molecule has 0 aliphatic rings. The van der Waals surface area contributed by atoms with Crippen molar-refractivity contribution >= 4 is 23.1 Å². The van der Waals surface area contributed by atoms with Gasteiger partial charge in [0.15, 0.2) is 17.4 Å². The second-order valence-corrected chi connectivity index (χ2v) is 7.55. The van der Waals surface area contributed by atoms with Crippen LogP contribution in [0.2, 0.25) is 0 Å². The van der Waals surface area contributed by atoms with Crippen LogP contribution in [0.5, 0.6) is 0 Å². The maximum absolute atomic E-state index is 11.3. The molecule has 0 spiro atoms. The second kappa shape index (κ2) is 23.8. The first-order valence-corrected chi connectivity index (χ1v) is 9.27. The molecule has 0 aromatic rings. The van der Waals surface area contributed by atoms with Gasteiger partial charge >= 0.3 is 18.9 Å². The van der Waals surface area contributed by atoms with Crippen molar-refractivity contribution < 1.29 is 25.1 Å². The van der Waals surface area contributed by atoms with Gasteiger partial charge in [-0.1, -0.05) is 88.5 Å². The number of carbonyl (C=O) groups excluding carboxylic acids is 1. The number of ketones is 1. The fourth-order valence-corrected chi connectivity index (χ4v) is 1.98. The molecule has 2 unspecified atom stereocenters. The van der Waals surface area contributed by atoms with E-state index in [9.17, 15) is 4.79 Å². The summed E-state index contributed by atoms with van der Waals surface area (Å²) < 4.78 is 0. The van der Waals surface area contributed by atoms with Gasteiger partial charge in [0.25, 0.3) is 0 Å². The van der Waals surface area contributed by atoms with Crippen molar-refractivity contribution in [3.63, 3.8) is 0 Å². The zero-order valence-electron chi connectivity index (χ0n) is 18.2. The molecule has 0 bridgehead atoms. The molecule has 0 saturated carbocycles. The Hall–Kier alpha value is 0.800. The van der Waals surface area contributed by atoms with Crippen LogP contribution in [-0.4, -0.2) is 23.1 Å². The van der Waals surface area contributed by atoms with E-state index in [1.165, 1.54) is 25.7 Å². The molecule has 0 aliphatic heterocycles. The first kappa shape index (κ1) is 35.8. The van der Waals surface area contributed by atoms with E-state index in [4.69, 9.17) is 0 Å². The summed E-state index contributed by atoms with van der Waals surface area (Å²) >= 11 is 0. The molecule has 0 N–H and O–H groups in total. The molecular formula is C21H50AlLiO. The van der Waals surface area contributed by atoms with Crippen molar-refractivity contribution in [3.05, 3.63) is 0 Å². The quantitative estimate of drug-likeness (QED) is 0.550. The van der Waals surface area contributed by atoms with Crippen molar-refractivity contribution in [1.29, 1.82) is 0 Å². The maximum Gasteiger partial charge on any atom is 1.00 e. The van der Waals surface area contributed by atoms with Crippen molar-refractivity contribution in [2.45, 2.75) is 108 Å². The molecule has 0 amide bonds. The molecule has 0 radical (unpaired) electrons. The first-order chi connectivity index (χ1) is 9.74. The number of hydrogen-bond acceptors (Lipinski definition) is 1. The standard InChI is InChI=1S/C10H20O.C10H22.CH4.Al.Li.4H/c1-5-9(4)10(11)7-6-8(2)3;1-5-10(4)8-6-7-9(2)3;;;;;;;/h8-9H,5-7H2,1-4H3;9-10H,5-8H2,1-4H3;1H4;;;;;;/q;;;;+1;;;;-1. The van der Waals surface area contributed by atoms with E-state index in [0.717, 1.165) is 31.1 Å². The van der Waals surface area contributed by atoms with E-state index in [2.05, 4.69) is 48.5 Å². The normalized spacial score (nSPS) is 12.1. The summed E-state index contributed by atoms with van der Waals surface area (Å²) in [6.45, 7) is 17.6. The van der Waals surface area contributed by atoms with Crippen LogP contribution in [0.3, 0.4) is 0 Å². The van der Waals surface area contributed by atoms with Crippen LogP contribution in [-0.2, 0) is 4.79 Å². The molecule has 0 rings (SSSR count). The van der Waals surface area contributed by atoms with E-state index in [1.54, 1.807) is 0 Å². The average molecular weight is 353 g/mol. The van der Waals surface area contributed by atoms with Gasteiger partial charge in [-0.15, -0.1) is 0 Å². The summed E-state index contributed by atoms with van der Waals surface area (Å²) in [4.78, 5) is 11.3. The smallest absolute Gasteiger partial charge is 1.00 e. The Bertz CT molecular complexity index is 248. The molecule has 0 heterocycles. The molecule has 3 heteroatoms. The molecule has 0 saturated heterocycles. The second-order valence-electron chi connectivity index (χ2n) is 7.55. The van der Waals surface area contributed by atoms with E-state index in [0.29, 0.717) is 11.7 Å². The largest absolute Gasteiger partial charge is 1.00 e. The summed E-state index contributed by atoms with van der Waals surface area (Å²) in [6, 6.07) is 0. The Kier molecular flexibility index (Phi) is 35.5. The monoisotopic (exact) mass is 352 g/mol. The van der Waals surface area contributed by atoms with Crippen LogP contribution in [0.25, 0.3) is 0 Å². The van der Waals surface area contributed by atoms with Crippen molar-refractivity contribution in [1.82, 2.24) is 0 Å². The average Bonchev–Trinajstić information content (AvgIpc) is 2.43. The fourth-order valence-electron chi connectivity index (χ4n) is 1.98. The van der Waals surface area contributed by atoms with Gasteiger partial charge in [0.05, 0.1) is 0 Å². The fraction of sp³-hybridized carbons (Fsp3) is 0.952.